The highest BCUT2D eigenvalue weighted by molar-refractivity contribution is 4.89. The molecule has 0 aromatic heterocycles. The third kappa shape index (κ3) is 2.02. The predicted molar refractivity (Wildman–Crippen MR) is 65.2 cm³/mol. The Kier molecular flexibility index (Phi) is 3.21. The molecule has 3 fully saturated rings. The van der Waals surface area contributed by atoms with Gasteiger partial charge in [-0.2, -0.15) is 0 Å². The smallest absolute Gasteiger partial charge is 0.0996 e. The molecule has 2 heterocycles. The molecule has 0 radical (unpaired) electrons. The molecule has 4 atom stereocenters. The number of ether oxygens (including phenoxy) is 1. The molecule has 3 rings (SSSR count). The molecule has 92 valence electrons. The van der Waals surface area contributed by atoms with Gasteiger partial charge in [-0.15, -0.1) is 0 Å². The zero-order valence-electron chi connectivity index (χ0n) is 10.5. The quantitative estimate of drug-likeness (QED) is 0.677. The summed E-state index contributed by atoms with van der Waals surface area (Å²) in [7, 11) is 0. The minimum absolute atomic E-state index is 0.602. The summed E-state index contributed by atoms with van der Waals surface area (Å²) in [5.41, 5.74) is 0. The van der Waals surface area contributed by atoms with Crippen molar-refractivity contribution >= 4 is 0 Å². The first-order chi connectivity index (χ1) is 7.86. The molecular formula is C14H25NO. The monoisotopic (exact) mass is 223 g/mol. The third-order valence-electron chi connectivity index (χ3n) is 5.11. The molecule has 0 N–H and O–H groups in total. The van der Waals surface area contributed by atoms with Crippen molar-refractivity contribution in [1.29, 1.82) is 0 Å². The Morgan fingerprint density at radius 2 is 2.12 bits per heavy atom. The second kappa shape index (κ2) is 4.66. The second-order valence-electron chi connectivity index (χ2n) is 6.04. The van der Waals surface area contributed by atoms with Gasteiger partial charge in [-0.05, 0) is 43.9 Å². The number of hydrogen-bond acceptors (Lipinski definition) is 2. The summed E-state index contributed by atoms with van der Waals surface area (Å²) in [5, 5.41) is 0. The van der Waals surface area contributed by atoms with E-state index in [1.54, 1.807) is 0 Å². The number of piperidine rings is 1. The fraction of sp³-hybridized carbons (Fsp3) is 1.00. The van der Waals surface area contributed by atoms with E-state index >= 15 is 0 Å². The first-order valence-corrected chi connectivity index (χ1v) is 7.22. The van der Waals surface area contributed by atoms with Crippen LogP contribution in [0.4, 0.5) is 0 Å². The molecule has 2 heteroatoms. The van der Waals surface area contributed by atoms with E-state index in [0.717, 1.165) is 24.6 Å². The van der Waals surface area contributed by atoms with Crippen molar-refractivity contribution in [1.82, 2.24) is 4.90 Å². The molecule has 2 aliphatic heterocycles. The van der Waals surface area contributed by atoms with Crippen molar-refractivity contribution < 1.29 is 4.74 Å². The predicted octanol–water partition coefficient (Wildman–Crippen LogP) is 3.02. The molecule has 2 nitrogen and oxygen atoms in total. The molecule has 1 aliphatic carbocycles. The summed E-state index contributed by atoms with van der Waals surface area (Å²) >= 11 is 0. The maximum atomic E-state index is 6.12. The van der Waals surface area contributed by atoms with Gasteiger partial charge < -0.3 is 4.74 Å². The lowest BCUT2D eigenvalue weighted by molar-refractivity contribution is -0.0374. The van der Waals surface area contributed by atoms with E-state index in [1.807, 2.05) is 0 Å². The van der Waals surface area contributed by atoms with Gasteiger partial charge in [-0.3, -0.25) is 4.90 Å². The summed E-state index contributed by atoms with van der Waals surface area (Å²) in [4.78, 5) is 2.63. The van der Waals surface area contributed by atoms with Crippen molar-refractivity contribution in [2.45, 2.75) is 64.0 Å². The summed E-state index contributed by atoms with van der Waals surface area (Å²) in [6.45, 7) is 4.54. The molecule has 16 heavy (non-hydrogen) atoms. The van der Waals surface area contributed by atoms with Crippen molar-refractivity contribution in [3.8, 4) is 0 Å². The molecule has 3 aliphatic rings. The maximum absolute atomic E-state index is 6.12. The highest BCUT2D eigenvalue weighted by Gasteiger charge is 2.37. The van der Waals surface area contributed by atoms with Gasteiger partial charge in [-0.25, -0.2) is 0 Å². The van der Waals surface area contributed by atoms with Gasteiger partial charge >= 0.3 is 0 Å². The summed E-state index contributed by atoms with van der Waals surface area (Å²) in [6, 6.07) is 0.843. The van der Waals surface area contributed by atoms with Crippen LogP contribution in [0.25, 0.3) is 0 Å². The topological polar surface area (TPSA) is 12.5 Å². The van der Waals surface area contributed by atoms with Gasteiger partial charge in [-0.1, -0.05) is 19.8 Å². The van der Waals surface area contributed by atoms with Gasteiger partial charge in [0.15, 0.2) is 0 Å². The summed E-state index contributed by atoms with van der Waals surface area (Å²) in [5.74, 6) is 1.81. The Bertz CT molecular complexity index is 243. The fourth-order valence-corrected chi connectivity index (χ4v) is 3.97. The Morgan fingerprint density at radius 3 is 3.00 bits per heavy atom. The van der Waals surface area contributed by atoms with E-state index in [-0.39, 0.29) is 0 Å². The number of hydrogen-bond donors (Lipinski definition) is 0. The van der Waals surface area contributed by atoms with E-state index in [4.69, 9.17) is 4.74 Å². The van der Waals surface area contributed by atoms with E-state index in [1.165, 1.54) is 51.5 Å². The van der Waals surface area contributed by atoms with Gasteiger partial charge in [0.1, 0.15) is 0 Å². The van der Waals surface area contributed by atoms with Crippen LogP contribution in [0, 0.1) is 11.8 Å². The summed E-state index contributed by atoms with van der Waals surface area (Å²) in [6.07, 6.45) is 10.4. The van der Waals surface area contributed by atoms with Crippen molar-refractivity contribution in [3.05, 3.63) is 0 Å². The minimum atomic E-state index is 0.602. The van der Waals surface area contributed by atoms with Crippen LogP contribution in [0.15, 0.2) is 0 Å². The van der Waals surface area contributed by atoms with Crippen LogP contribution in [0.2, 0.25) is 0 Å². The molecule has 0 spiro atoms. The molecule has 0 bridgehead atoms. The standard InChI is InChI=1S/C14H25NO/c1-2-11-6-7-13-8-12-4-3-5-14(12)16-10-15(13)9-11/h11-14H,2-10H2,1H3/t11-,12+,13+,14-/m0/s1. The highest BCUT2D eigenvalue weighted by atomic mass is 16.5. The zero-order chi connectivity index (χ0) is 11.0. The lowest BCUT2D eigenvalue weighted by Gasteiger charge is -2.38. The van der Waals surface area contributed by atoms with E-state index in [9.17, 15) is 0 Å². The van der Waals surface area contributed by atoms with Crippen LogP contribution >= 0.6 is 0 Å². The normalized spacial score (nSPS) is 44.8. The van der Waals surface area contributed by atoms with Crippen LogP contribution in [0.5, 0.6) is 0 Å². The average molecular weight is 223 g/mol. The lowest BCUT2D eigenvalue weighted by Crippen LogP contribution is -2.43. The Morgan fingerprint density at radius 1 is 1.19 bits per heavy atom. The number of rotatable bonds is 1. The summed E-state index contributed by atoms with van der Waals surface area (Å²) < 4.78 is 6.12. The molecular weight excluding hydrogens is 198 g/mol. The first-order valence-electron chi connectivity index (χ1n) is 7.22. The van der Waals surface area contributed by atoms with E-state index in [2.05, 4.69) is 11.8 Å². The fourth-order valence-electron chi connectivity index (χ4n) is 3.97. The number of fused-ring (bicyclic) bond motifs is 2. The Hall–Kier alpha value is -0.0800. The Labute approximate surface area is 99.3 Å². The Balaban J connectivity index is 1.66. The molecule has 1 saturated carbocycles. The van der Waals surface area contributed by atoms with Crippen LogP contribution in [-0.2, 0) is 4.74 Å². The zero-order valence-corrected chi connectivity index (χ0v) is 10.5. The van der Waals surface area contributed by atoms with Crippen LogP contribution in [0.1, 0.15) is 51.9 Å². The van der Waals surface area contributed by atoms with Crippen LogP contribution in [0.3, 0.4) is 0 Å². The van der Waals surface area contributed by atoms with Gasteiger partial charge in [0.05, 0.1) is 12.8 Å². The minimum Gasteiger partial charge on any atom is -0.363 e. The molecule has 0 amide bonds. The van der Waals surface area contributed by atoms with Crippen molar-refractivity contribution in [3.63, 3.8) is 0 Å². The third-order valence-corrected chi connectivity index (χ3v) is 5.11. The maximum Gasteiger partial charge on any atom is 0.0996 e. The van der Waals surface area contributed by atoms with Crippen LogP contribution < -0.4 is 0 Å². The molecule has 0 aromatic carbocycles. The van der Waals surface area contributed by atoms with Crippen molar-refractivity contribution in [2.24, 2.45) is 11.8 Å². The molecule has 0 aromatic rings. The van der Waals surface area contributed by atoms with Crippen LogP contribution in [-0.4, -0.2) is 30.3 Å². The van der Waals surface area contributed by atoms with Crippen molar-refractivity contribution in [2.75, 3.05) is 13.3 Å². The SMILES string of the molecule is CC[C@H]1CC[C@@H]2C[C@H]3CCC[C@@H]3OCN2C1. The molecule has 0 unspecified atom stereocenters. The highest BCUT2D eigenvalue weighted by Crippen LogP contribution is 2.38. The van der Waals surface area contributed by atoms with Gasteiger partial charge in [0, 0.05) is 12.6 Å². The van der Waals surface area contributed by atoms with Gasteiger partial charge in [0.25, 0.3) is 0 Å². The first kappa shape index (κ1) is 11.0. The largest absolute Gasteiger partial charge is 0.363 e. The van der Waals surface area contributed by atoms with Gasteiger partial charge in [0.2, 0.25) is 0 Å². The lowest BCUT2D eigenvalue weighted by atomic mass is 9.86. The number of nitrogens with zero attached hydrogens (tertiary/aromatic N) is 1. The average Bonchev–Trinajstić information content (AvgIpc) is 2.68. The molecule has 2 saturated heterocycles. The second-order valence-corrected chi connectivity index (χ2v) is 6.04. The van der Waals surface area contributed by atoms with E-state index < -0.39 is 0 Å². The van der Waals surface area contributed by atoms with E-state index in [0.29, 0.717) is 6.10 Å².